The summed E-state index contributed by atoms with van der Waals surface area (Å²) in [4.78, 5) is 9.29. The van der Waals surface area contributed by atoms with Crippen LogP contribution in [0.3, 0.4) is 0 Å². The van der Waals surface area contributed by atoms with Crippen molar-refractivity contribution in [1.82, 2.24) is 9.80 Å². The highest BCUT2D eigenvalue weighted by Gasteiger charge is 2.33. The van der Waals surface area contributed by atoms with Crippen LogP contribution in [0.1, 0.15) is 40.4 Å². The fourth-order valence-corrected chi connectivity index (χ4v) is 6.87. The summed E-state index contributed by atoms with van der Waals surface area (Å²) in [5.74, 6) is 2.03. The Morgan fingerprint density at radius 1 is 0.674 bits per heavy atom. The van der Waals surface area contributed by atoms with Crippen LogP contribution < -0.4 is 9.80 Å². The van der Waals surface area contributed by atoms with Crippen molar-refractivity contribution in [3.63, 3.8) is 0 Å². The molecule has 0 spiro atoms. The maximum Gasteiger partial charge on any atom is 0.129 e. The van der Waals surface area contributed by atoms with Crippen molar-refractivity contribution in [2.45, 2.75) is 39.5 Å². The van der Waals surface area contributed by atoms with Crippen molar-refractivity contribution < 1.29 is 4.39 Å². The lowest BCUT2D eigenvalue weighted by Gasteiger charge is -2.45. The zero-order valence-corrected chi connectivity index (χ0v) is 28.2. The second kappa shape index (κ2) is 17.1. The molecule has 1 saturated heterocycles. The van der Waals surface area contributed by atoms with Crippen LogP contribution in [0, 0.1) is 19.7 Å². The number of hydrogen-bond donors (Lipinski definition) is 0. The van der Waals surface area contributed by atoms with Crippen molar-refractivity contribution in [2.24, 2.45) is 0 Å². The molecule has 0 aliphatic carbocycles. The molecule has 0 atom stereocenters. The summed E-state index contributed by atoms with van der Waals surface area (Å²) in [6.07, 6.45) is 0.832. The molecule has 3 aromatic rings. The second-order valence-corrected chi connectivity index (χ2v) is 12.7. The van der Waals surface area contributed by atoms with E-state index < -0.39 is 0 Å². The van der Waals surface area contributed by atoms with Gasteiger partial charge in [0.25, 0.3) is 0 Å². The first-order chi connectivity index (χ1) is 20.9. The molecule has 234 valence electrons. The molecule has 1 fully saturated rings. The number of nitrogens with zero attached hydrogens (tertiary/aromatic N) is 4. The van der Waals surface area contributed by atoms with Crippen molar-refractivity contribution in [3.8, 4) is 0 Å². The Morgan fingerprint density at radius 3 is 1.51 bits per heavy atom. The summed E-state index contributed by atoms with van der Waals surface area (Å²) >= 11 is 24.2. The van der Waals surface area contributed by atoms with Crippen LogP contribution in [0.5, 0.6) is 0 Å². The van der Waals surface area contributed by atoms with E-state index in [2.05, 4.69) is 69.8 Å². The Hall–Kier alpha value is -1.73. The van der Waals surface area contributed by atoms with Gasteiger partial charge in [0.05, 0.1) is 6.17 Å². The normalized spacial score (nSPS) is 14.8. The van der Waals surface area contributed by atoms with Gasteiger partial charge in [-0.3, -0.25) is 9.80 Å². The second-order valence-electron chi connectivity index (χ2n) is 11.1. The molecule has 4 nitrogen and oxygen atoms in total. The van der Waals surface area contributed by atoms with E-state index in [1.807, 2.05) is 12.1 Å². The Bertz CT molecular complexity index is 1220. The SMILES string of the molecule is Cc1cc(N(CCCl)CCCl)ccc1CN1CCCN(Cc2ccc(N(CCCl)CCCl)cc2C)C1c1ccccc1F. The van der Waals surface area contributed by atoms with Crippen LogP contribution in [-0.2, 0) is 13.1 Å². The van der Waals surface area contributed by atoms with Crippen LogP contribution in [0.25, 0.3) is 0 Å². The van der Waals surface area contributed by atoms with Crippen LogP contribution in [0.15, 0.2) is 60.7 Å². The van der Waals surface area contributed by atoms with Gasteiger partial charge < -0.3 is 9.80 Å². The molecule has 1 aliphatic heterocycles. The maximum atomic E-state index is 15.4. The first-order valence-corrected chi connectivity index (χ1v) is 17.2. The molecule has 0 unspecified atom stereocenters. The summed E-state index contributed by atoms with van der Waals surface area (Å²) in [6, 6.07) is 20.4. The van der Waals surface area contributed by atoms with Crippen LogP contribution in [0.4, 0.5) is 15.8 Å². The molecule has 0 radical (unpaired) electrons. The first-order valence-electron chi connectivity index (χ1n) is 15.1. The number of anilines is 2. The van der Waals surface area contributed by atoms with Crippen LogP contribution in [-0.4, -0.2) is 72.6 Å². The molecule has 43 heavy (non-hydrogen) atoms. The first kappa shape index (κ1) is 34.1. The lowest BCUT2D eigenvalue weighted by molar-refractivity contribution is -0.0113. The summed E-state index contributed by atoms with van der Waals surface area (Å²) in [5.41, 5.74) is 7.87. The zero-order chi connectivity index (χ0) is 30.8. The molecule has 3 aromatic carbocycles. The minimum absolute atomic E-state index is 0.167. The average molecular weight is 669 g/mol. The summed E-state index contributed by atoms with van der Waals surface area (Å²) < 4.78 is 15.4. The number of benzene rings is 3. The monoisotopic (exact) mass is 666 g/mol. The average Bonchev–Trinajstić information content (AvgIpc) is 3.00. The van der Waals surface area contributed by atoms with Crippen LogP contribution >= 0.6 is 46.4 Å². The molecule has 1 aliphatic rings. The van der Waals surface area contributed by atoms with E-state index in [4.69, 9.17) is 46.4 Å². The van der Waals surface area contributed by atoms with Gasteiger partial charge in [-0.1, -0.05) is 30.3 Å². The van der Waals surface area contributed by atoms with E-state index in [0.717, 1.165) is 75.7 Å². The van der Waals surface area contributed by atoms with E-state index in [0.29, 0.717) is 23.5 Å². The topological polar surface area (TPSA) is 13.0 Å². The molecular formula is C34H43Cl4FN4. The lowest BCUT2D eigenvalue weighted by Crippen LogP contribution is -2.47. The van der Waals surface area contributed by atoms with Gasteiger partial charge in [0.15, 0.2) is 0 Å². The van der Waals surface area contributed by atoms with Crippen molar-refractivity contribution >= 4 is 57.8 Å². The largest absolute Gasteiger partial charge is 0.369 e. The van der Waals surface area contributed by atoms with E-state index in [1.54, 1.807) is 12.1 Å². The predicted octanol–water partition coefficient (Wildman–Crippen LogP) is 8.42. The molecule has 0 N–H and O–H groups in total. The molecule has 0 amide bonds. The number of alkyl halides is 4. The van der Waals surface area contributed by atoms with Gasteiger partial charge in [0.1, 0.15) is 5.82 Å². The van der Waals surface area contributed by atoms with Crippen molar-refractivity contribution in [3.05, 3.63) is 94.3 Å². The van der Waals surface area contributed by atoms with Gasteiger partial charge in [-0.2, -0.15) is 0 Å². The summed E-state index contributed by atoms with van der Waals surface area (Å²) in [7, 11) is 0. The maximum absolute atomic E-state index is 15.4. The quantitative estimate of drug-likeness (QED) is 0.151. The highest BCUT2D eigenvalue weighted by Crippen LogP contribution is 2.35. The molecule has 1 heterocycles. The third kappa shape index (κ3) is 8.93. The number of rotatable bonds is 15. The highest BCUT2D eigenvalue weighted by molar-refractivity contribution is 6.19. The standard InChI is InChI=1S/C34H43Cl4FN4/c1-26-22-30(40(18-12-35)19-13-36)10-8-28(26)24-42-16-5-17-43(34(42)32-6-3-4-7-33(32)39)25-29-9-11-31(23-27(29)2)41(20-14-37)21-15-38/h3-4,6-11,22-23,34H,5,12-21,24-25H2,1-2H3. The Balaban J connectivity index is 1.61. The molecular weight excluding hydrogens is 625 g/mol. The smallest absolute Gasteiger partial charge is 0.129 e. The zero-order valence-electron chi connectivity index (χ0n) is 25.2. The molecule has 4 rings (SSSR count). The van der Waals surface area contributed by atoms with Gasteiger partial charge in [-0.15, -0.1) is 46.4 Å². The fraction of sp³-hybridized carbons (Fsp3) is 0.471. The number of hydrogen-bond acceptors (Lipinski definition) is 4. The van der Waals surface area contributed by atoms with Gasteiger partial charge in [0.2, 0.25) is 0 Å². The minimum Gasteiger partial charge on any atom is -0.369 e. The third-order valence-corrected chi connectivity index (χ3v) is 8.99. The van der Waals surface area contributed by atoms with Gasteiger partial charge in [-0.05, 0) is 72.9 Å². The number of halogens is 5. The number of aryl methyl sites for hydroxylation is 2. The fourth-order valence-electron chi connectivity index (χ4n) is 6.06. The Morgan fingerprint density at radius 2 is 1.12 bits per heavy atom. The van der Waals surface area contributed by atoms with E-state index in [1.165, 1.54) is 22.3 Å². The predicted molar refractivity (Wildman–Crippen MR) is 184 cm³/mol. The Labute approximate surface area is 277 Å². The molecule has 0 saturated carbocycles. The third-order valence-electron chi connectivity index (χ3n) is 8.31. The molecule has 0 aromatic heterocycles. The van der Waals surface area contributed by atoms with Crippen LogP contribution in [0.2, 0.25) is 0 Å². The lowest BCUT2D eigenvalue weighted by atomic mass is 10.0. The van der Waals surface area contributed by atoms with Crippen molar-refractivity contribution in [1.29, 1.82) is 0 Å². The molecule has 0 bridgehead atoms. The highest BCUT2D eigenvalue weighted by atomic mass is 35.5. The van der Waals surface area contributed by atoms with E-state index in [-0.39, 0.29) is 12.0 Å². The van der Waals surface area contributed by atoms with Gasteiger partial charge >= 0.3 is 0 Å². The summed E-state index contributed by atoms with van der Waals surface area (Å²) in [5, 5.41) is 0. The van der Waals surface area contributed by atoms with E-state index >= 15 is 4.39 Å². The minimum atomic E-state index is -0.180. The summed E-state index contributed by atoms with van der Waals surface area (Å²) in [6.45, 7) is 10.6. The Kier molecular flexibility index (Phi) is 13.6. The molecule has 9 heteroatoms. The van der Waals surface area contributed by atoms with Gasteiger partial charge in [0, 0.05) is 92.8 Å². The van der Waals surface area contributed by atoms with E-state index in [9.17, 15) is 0 Å². The van der Waals surface area contributed by atoms with Gasteiger partial charge in [-0.25, -0.2) is 4.39 Å². The van der Waals surface area contributed by atoms with Crippen molar-refractivity contribution in [2.75, 3.05) is 72.6 Å².